The Morgan fingerprint density at radius 2 is 1.81 bits per heavy atom. The zero-order chi connectivity index (χ0) is 24.1. The van der Waals surface area contributed by atoms with Crippen LogP contribution >= 0.6 is 23.2 Å². The standard InChI is InChI=1S/C20H29Cl2NO3.C2H2O4/c1-3-4-5-10-23-11-8-16(20(14-23)26-15(2)24)9-12-25-17-6-7-18(21)19(22)13-17;3-1(4)2(5)6/h6-7,13,16,20H,3-5,8-12,14H2,1-2H3;(H,3,4)(H,5,6)/t16-,20+;/m1./s1. The molecule has 1 saturated heterocycles. The Balaban J connectivity index is 0.000000751. The molecule has 0 bridgehead atoms. The lowest BCUT2D eigenvalue weighted by molar-refractivity contribution is -0.159. The summed E-state index contributed by atoms with van der Waals surface area (Å²) >= 11 is 11.9. The molecule has 8 nitrogen and oxygen atoms in total. The summed E-state index contributed by atoms with van der Waals surface area (Å²) in [5.74, 6) is -2.82. The van der Waals surface area contributed by atoms with Crippen LogP contribution in [0.3, 0.4) is 0 Å². The highest BCUT2D eigenvalue weighted by Crippen LogP contribution is 2.28. The highest BCUT2D eigenvalue weighted by atomic mass is 35.5. The Morgan fingerprint density at radius 3 is 2.38 bits per heavy atom. The van der Waals surface area contributed by atoms with Gasteiger partial charge in [0.15, 0.2) is 0 Å². The van der Waals surface area contributed by atoms with E-state index >= 15 is 0 Å². The highest BCUT2D eigenvalue weighted by Gasteiger charge is 2.31. The van der Waals surface area contributed by atoms with Gasteiger partial charge in [-0.25, -0.2) is 9.59 Å². The lowest BCUT2D eigenvalue weighted by atomic mass is 9.90. The van der Waals surface area contributed by atoms with Crippen molar-refractivity contribution in [3.8, 4) is 5.75 Å². The Labute approximate surface area is 198 Å². The number of hydrogen-bond acceptors (Lipinski definition) is 6. The molecule has 2 N–H and O–H groups in total. The molecular weight excluding hydrogens is 461 g/mol. The number of carboxylic acid groups (broad SMARTS) is 2. The number of nitrogens with zero attached hydrogens (tertiary/aromatic N) is 1. The van der Waals surface area contributed by atoms with Crippen molar-refractivity contribution in [1.82, 2.24) is 4.90 Å². The maximum absolute atomic E-state index is 11.5. The summed E-state index contributed by atoms with van der Waals surface area (Å²) in [6.07, 6.45) is 5.48. The van der Waals surface area contributed by atoms with Crippen LogP contribution < -0.4 is 4.74 Å². The number of unbranched alkanes of at least 4 members (excludes halogenated alkanes) is 2. The Bertz CT molecular complexity index is 748. The number of piperidine rings is 1. The van der Waals surface area contributed by atoms with Crippen molar-refractivity contribution in [2.75, 3.05) is 26.2 Å². The maximum Gasteiger partial charge on any atom is 0.414 e. The first-order chi connectivity index (χ1) is 15.1. The molecule has 180 valence electrons. The fourth-order valence-corrected chi connectivity index (χ4v) is 3.68. The summed E-state index contributed by atoms with van der Waals surface area (Å²) in [6.45, 7) is 7.22. The van der Waals surface area contributed by atoms with Gasteiger partial charge in [-0.1, -0.05) is 43.0 Å². The number of carboxylic acids is 2. The fraction of sp³-hybridized carbons (Fsp3) is 0.591. The first-order valence-corrected chi connectivity index (χ1v) is 11.3. The molecule has 1 aromatic carbocycles. The van der Waals surface area contributed by atoms with Gasteiger partial charge >= 0.3 is 17.9 Å². The first kappa shape index (κ1) is 28.0. The van der Waals surface area contributed by atoms with E-state index in [4.69, 9.17) is 52.5 Å². The Hall–Kier alpha value is -2.03. The molecule has 1 aliphatic heterocycles. The van der Waals surface area contributed by atoms with Gasteiger partial charge in [0.05, 0.1) is 16.7 Å². The predicted octanol–water partition coefficient (Wildman–Crippen LogP) is 4.36. The van der Waals surface area contributed by atoms with Crippen molar-refractivity contribution in [1.29, 1.82) is 0 Å². The zero-order valence-corrected chi connectivity index (χ0v) is 19.9. The molecule has 0 radical (unpaired) electrons. The van der Waals surface area contributed by atoms with Gasteiger partial charge in [-0.3, -0.25) is 9.69 Å². The number of rotatable bonds is 9. The molecule has 1 aromatic rings. The van der Waals surface area contributed by atoms with Crippen LogP contribution in [0.2, 0.25) is 10.0 Å². The normalized spacial score (nSPS) is 18.2. The largest absolute Gasteiger partial charge is 0.494 e. The minimum Gasteiger partial charge on any atom is -0.494 e. The van der Waals surface area contributed by atoms with Gasteiger partial charge in [-0.05, 0) is 44.5 Å². The molecule has 32 heavy (non-hydrogen) atoms. The van der Waals surface area contributed by atoms with E-state index in [2.05, 4.69) is 11.8 Å². The minimum absolute atomic E-state index is 0.0553. The van der Waals surface area contributed by atoms with Gasteiger partial charge < -0.3 is 19.7 Å². The second-order valence-electron chi connectivity index (χ2n) is 7.53. The molecule has 0 unspecified atom stereocenters. The number of benzene rings is 1. The fourth-order valence-electron chi connectivity index (χ4n) is 3.39. The number of likely N-dealkylation sites (tertiary alicyclic amines) is 1. The monoisotopic (exact) mass is 491 g/mol. The van der Waals surface area contributed by atoms with Gasteiger partial charge in [0.25, 0.3) is 0 Å². The van der Waals surface area contributed by atoms with E-state index in [9.17, 15) is 4.79 Å². The van der Waals surface area contributed by atoms with Crippen molar-refractivity contribution in [3.05, 3.63) is 28.2 Å². The van der Waals surface area contributed by atoms with Crippen LogP contribution in [0.25, 0.3) is 0 Å². The van der Waals surface area contributed by atoms with Crippen LogP contribution in [0, 0.1) is 5.92 Å². The topological polar surface area (TPSA) is 113 Å². The Kier molecular flexibility index (Phi) is 13.1. The molecule has 10 heteroatoms. The van der Waals surface area contributed by atoms with Crippen LogP contribution in [-0.4, -0.2) is 65.4 Å². The molecule has 0 amide bonds. The zero-order valence-electron chi connectivity index (χ0n) is 18.4. The summed E-state index contributed by atoms with van der Waals surface area (Å²) < 4.78 is 11.4. The van der Waals surface area contributed by atoms with E-state index in [0.717, 1.165) is 32.5 Å². The SMILES string of the molecule is CCCCCN1CC[C@H](CCOc2ccc(Cl)c(Cl)c2)[C@@H](OC(C)=O)C1.O=C(O)C(=O)O. The third kappa shape index (κ3) is 11.0. The number of hydrogen-bond donors (Lipinski definition) is 2. The third-order valence-corrected chi connectivity index (χ3v) is 5.75. The molecule has 1 heterocycles. The second kappa shape index (κ2) is 14.9. The van der Waals surface area contributed by atoms with Gasteiger partial charge in [0, 0.05) is 25.5 Å². The van der Waals surface area contributed by atoms with E-state index in [0.29, 0.717) is 28.3 Å². The molecule has 1 fully saturated rings. The molecule has 2 atom stereocenters. The second-order valence-corrected chi connectivity index (χ2v) is 8.34. The molecule has 0 aliphatic carbocycles. The summed E-state index contributed by atoms with van der Waals surface area (Å²) in [4.78, 5) is 32.1. The number of carbonyl (C=O) groups is 3. The van der Waals surface area contributed by atoms with Gasteiger partial charge in [-0.15, -0.1) is 0 Å². The van der Waals surface area contributed by atoms with Crippen molar-refractivity contribution >= 4 is 41.1 Å². The lowest BCUT2D eigenvalue weighted by Gasteiger charge is -2.38. The molecule has 0 aromatic heterocycles. The summed E-state index contributed by atoms with van der Waals surface area (Å²) in [7, 11) is 0. The van der Waals surface area contributed by atoms with E-state index in [1.54, 1.807) is 12.1 Å². The van der Waals surface area contributed by atoms with Crippen LogP contribution in [0.4, 0.5) is 0 Å². The van der Waals surface area contributed by atoms with Crippen molar-refractivity contribution in [2.45, 2.75) is 52.1 Å². The van der Waals surface area contributed by atoms with Crippen LogP contribution in [0.1, 0.15) is 46.0 Å². The predicted molar refractivity (Wildman–Crippen MR) is 121 cm³/mol. The number of ether oxygens (including phenoxy) is 2. The number of aliphatic carboxylic acids is 2. The number of carbonyl (C=O) groups excluding carboxylic acids is 1. The van der Waals surface area contributed by atoms with E-state index < -0.39 is 11.9 Å². The molecular formula is C22H31Cl2NO7. The third-order valence-electron chi connectivity index (χ3n) is 5.01. The minimum atomic E-state index is -1.82. The van der Waals surface area contributed by atoms with Crippen LogP contribution in [0.5, 0.6) is 5.75 Å². The summed E-state index contributed by atoms with van der Waals surface area (Å²) in [5.41, 5.74) is 0. The van der Waals surface area contributed by atoms with E-state index in [-0.39, 0.29) is 12.1 Å². The van der Waals surface area contributed by atoms with Gasteiger partial charge in [0.2, 0.25) is 0 Å². The first-order valence-electron chi connectivity index (χ1n) is 10.6. The summed E-state index contributed by atoms with van der Waals surface area (Å²) in [5, 5.41) is 15.8. The summed E-state index contributed by atoms with van der Waals surface area (Å²) in [6, 6.07) is 5.27. The maximum atomic E-state index is 11.5. The lowest BCUT2D eigenvalue weighted by Crippen LogP contribution is -2.46. The smallest absolute Gasteiger partial charge is 0.414 e. The highest BCUT2D eigenvalue weighted by molar-refractivity contribution is 6.42. The van der Waals surface area contributed by atoms with Crippen LogP contribution in [-0.2, 0) is 19.1 Å². The molecule has 0 spiro atoms. The molecule has 1 aliphatic rings. The van der Waals surface area contributed by atoms with Gasteiger partial charge in [0.1, 0.15) is 11.9 Å². The van der Waals surface area contributed by atoms with Crippen molar-refractivity contribution in [3.63, 3.8) is 0 Å². The average Bonchev–Trinajstić information content (AvgIpc) is 2.72. The van der Waals surface area contributed by atoms with Crippen molar-refractivity contribution < 1.29 is 34.1 Å². The molecule has 0 saturated carbocycles. The molecule has 2 rings (SSSR count). The number of esters is 1. The quantitative estimate of drug-likeness (QED) is 0.297. The van der Waals surface area contributed by atoms with Crippen LogP contribution in [0.15, 0.2) is 18.2 Å². The average molecular weight is 492 g/mol. The van der Waals surface area contributed by atoms with Crippen molar-refractivity contribution in [2.24, 2.45) is 5.92 Å². The van der Waals surface area contributed by atoms with E-state index in [1.165, 1.54) is 26.2 Å². The van der Waals surface area contributed by atoms with E-state index in [1.807, 2.05) is 6.07 Å². The Morgan fingerprint density at radius 1 is 1.12 bits per heavy atom. The number of halogens is 2. The van der Waals surface area contributed by atoms with Gasteiger partial charge in [-0.2, -0.15) is 0 Å².